The van der Waals surface area contributed by atoms with E-state index in [0.717, 1.165) is 11.3 Å². The van der Waals surface area contributed by atoms with Crippen LogP contribution in [0.1, 0.15) is 29.8 Å². The summed E-state index contributed by atoms with van der Waals surface area (Å²) in [5.41, 5.74) is 2.55. The fourth-order valence-corrected chi connectivity index (χ4v) is 3.55. The Bertz CT molecular complexity index is 927. The predicted molar refractivity (Wildman–Crippen MR) is 105 cm³/mol. The molecule has 1 aliphatic rings. The van der Waals surface area contributed by atoms with Gasteiger partial charge < -0.3 is 19.9 Å². The number of hydrogen-bond acceptors (Lipinski definition) is 5. The van der Waals surface area contributed by atoms with Crippen LogP contribution in [0.5, 0.6) is 5.75 Å². The van der Waals surface area contributed by atoms with E-state index in [2.05, 4.69) is 15.3 Å². The third-order valence-electron chi connectivity index (χ3n) is 4.92. The van der Waals surface area contributed by atoms with Gasteiger partial charge in [-0.25, -0.2) is 4.79 Å². The summed E-state index contributed by atoms with van der Waals surface area (Å²) < 4.78 is 5.33. The van der Waals surface area contributed by atoms with E-state index in [-0.39, 0.29) is 36.4 Å². The molecule has 28 heavy (non-hydrogen) atoms. The van der Waals surface area contributed by atoms with Crippen LogP contribution < -0.4 is 20.6 Å². The van der Waals surface area contributed by atoms with Crippen LogP contribution in [0.15, 0.2) is 29.1 Å². The minimum Gasteiger partial charge on any atom is -0.495 e. The summed E-state index contributed by atoms with van der Waals surface area (Å²) in [5.74, 6) is 0.440. The number of nitrogens with zero attached hydrogens (tertiary/aromatic N) is 2. The molecule has 0 spiro atoms. The standard InChI is InChI=1S/C20H24N4O4/c1-12-15(13(2)22-20(27)21-12)8-9-18(25)23-14-10-19(26)24(11-14)16-6-4-5-7-17(16)28-3/h4-7,14H,8-11H2,1-3H3,(H,23,25)(H,21,22,27). The van der Waals surface area contributed by atoms with Gasteiger partial charge in [-0.1, -0.05) is 12.1 Å². The first-order valence-electron chi connectivity index (χ1n) is 9.18. The maximum atomic E-state index is 12.4. The smallest absolute Gasteiger partial charge is 0.345 e. The van der Waals surface area contributed by atoms with Crippen LogP contribution in [0.4, 0.5) is 5.69 Å². The Kier molecular flexibility index (Phi) is 5.77. The Balaban J connectivity index is 1.60. The number of para-hydroxylation sites is 2. The van der Waals surface area contributed by atoms with Crippen LogP contribution in [-0.4, -0.2) is 41.5 Å². The van der Waals surface area contributed by atoms with Gasteiger partial charge in [0.05, 0.1) is 18.8 Å². The Morgan fingerprint density at radius 1 is 1.32 bits per heavy atom. The molecule has 0 radical (unpaired) electrons. The van der Waals surface area contributed by atoms with Crippen molar-refractivity contribution < 1.29 is 14.3 Å². The lowest BCUT2D eigenvalue weighted by Gasteiger charge is -2.19. The third-order valence-corrected chi connectivity index (χ3v) is 4.92. The van der Waals surface area contributed by atoms with Gasteiger partial charge in [-0.15, -0.1) is 0 Å². The summed E-state index contributed by atoms with van der Waals surface area (Å²) in [6, 6.07) is 7.07. The van der Waals surface area contributed by atoms with Crippen molar-refractivity contribution in [2.45, 2.75) is 39.2 Å². The summed E-state index contributed by atoms with van der Waals surface area (Å²) in [5, 5.41) is 2.93. The van der Waals surface area contributed by atoms with Crippen molar-refractivity contribution in [3.8, 4) is 5.75 Å². The fraction of sp³-hybridized carbons (Fsp3) is 0.400. The second kappa shape index (κ2) is 8.24. The summed E-state index contributed by atoms with van der Waals surface area (Å²) in [7, 11) is 1.56. The summed E-state index contributed by atoms with van der Waals surface area (Å²) in [6.07, 6.45) is 0.987. The number of aromatic nitrogens is 2. The number of nitrogens with one attached hydrogen (secondary N) is 2. The lowest BCUT2D eigenvalue weighted by molar-refractivity contribution is -0.121. The highest BCUT2D eigenvalue weighted by molar-refractivity contribution is 5.98. The van der Waals surface area contributed by atoms with E-state index in [1.165, 1.54) is 0 Å². The van der Waals surface area contributed by atoms with Gasteiger partial charge in [-0.05, 0) is 38.0 Å². The molecule has 1 unspecified atom stereocenters. The van der Waals surface area contributed by atoms with E-state index in [9.17, 15) is 14.4 Å². The number of benzene rings is 1. The second-order valence-corrected chi connectivity index (χ2v) is 6.88. The maximum Gasteiger partial charge on any atom is 0.345 e. The van der Waals surface area contributed by atoms with Gasteiger partial charge in [-0.2, -0.15) is 4.98 Å². The molecule has 0 saturated carbocycles. The van der Waals surface area contributed by atoms with Gasteiger partial charge in [0.25, 0.3) is 0 Å². The molecule has 2 N–H and O–H groups in total. The molecule has 1 aliphatic heterocycles. The van der Waals surface area contributed by atoms with Crippen molar-refractivity contribution in [3.05, 3.63) is 51.7 Å². The van der Waals surface area contributed by atoms with Crippen LogP contribution in [0.2, 0.25) is 0 Å². The number of carbonyl (C=O) groups is 2. The highest BCUT2D eigenvalue weighted by atomic mass is 16.5. The van der Waals surface area contributed by atoms with Crippen molar-refractivity contribution in [2.24, 2.45) is 0 Å². The van der Waals surface area contributed by atoms with Gasteiger partial charge in [0.15, 0.2) is 0 Å². The molecule has 1 atom stereocenters. The molecule has 2 aromatic rings. The Morgan fingerprint density at radius 2 is 2.07 bits per heavy atom. The third kappa shape index (κ3) is 4.21. The number of anilines is 1. The van der Waals surface area contributed by atoms with Crippen LogP contribution in [0, 0.1) is 13.8 Å². The van der Waals surface area contributed by atoms with E-state index < -0.39 is 0 Å². The molecule has 0 aliphatic carbocycles. The predicted octanol–water partition coefficient (Wildman–Crippen LogP) is 1.25. The maximum absolute atomic E-state index is 12.4. The van der Waals surface area contributed by atoms with Gasteiger partial charge >= 0.3 is 5.69 Å². The fourth-order valence-electron chi connectivity index (χ4n) is 3.55. The minimum atomic E-state index is -0.385. The van der Waals surface area contributed by atoms with E-state index in [4.69, 9.17) is 4.74 Å². The first-order valence-corrected chi connectivity index (χ1v) is 9.18. The zero-order chi connectivity index (χ0) is 20.3. The van der Waals surface area contributed by atoms with Crippen molar-refractivity contribution in [1.29, 1.82) is 0 Å². The molecule has 8 heteroatoms. The van der Waals surface area contributed by atoms with E-state index in [1.807, 2.05) is 18.2 Å². The quantitative estimate of drug-likeness (QED) is 0.780. The molecule has 1 aromatic carbocycles. The molecule has 8 nitrogen and oxygen atoms in total. The lowest BCUT2D eigenvalue weighted by Crippen LogP contribution is -2.37. The average Bonchev–Trinajstić information content (AvgIpc) is 3.00. The summed E-state index contributed by atoms with van der Waals surface area (Å²) in [6.45, 7) is 3.96. The average molecular weight is 384 g/mol. The monoisotopic (exact) mass is 384 g/mol. The lowest BCUT2D eigenvalue weighted by atomic mass is 10.1. The minimum absolute atomic E-state index is 0.0497. The Morgan fingerprint density at radius 3 is 2.79 bits per heavy atom. The number of H-pyrrole nitrogens is 1. The number of methoxy groups -OCH3 is 1. The highest BCUT2D eigenvalue weighted by Crippen LogP contribution is 2.31. The van der Waals surface area contributed by atoms with Gasteiger partial charge in [0.1, 0.15) is 5.75 Å². The number of hydrogen-bond donors (Lipinski definition) is 2. The van der Waals surface area contributed by atoms with Crippen molar-refractivity contribution in [1.82, 2.24) is 15.3 Å². The summed E-state index contributed by atoms with van der Waals surface area (Å²) in [4.78, 5) is 44.3. The molecule has 0 bridgehead atoms. The highest BCUT2D eigenvalue weighted by Gasteiger charge is 2.32. The number of rotatable bonds is 6. The number of amides is 2. The normalized spacial score (nSPS) is 16.3. The van der Waals surface area contributed by atoms with E-state index >= 15 is 0 Å². The van der Waals surface area contributed by atoms with Gasteiger partial charge in [-0.3, -0.25) is 9.59 Å². The molecular weight excluding hydrogens is 360 g/mol. The van der Waals surface area contributed by atoms with E-state index in [1.54, 1.807) is 31.9 Å². The molecule has 2 amide bonds. The molecule has 1 fully saturated rings. The van der Waals surface area contributed by atoms with Crippen LogP contribution in [0.25, 0.3) is 0 Å². The molecule has 1 aromatic heterocycles. The van der Waals surface area contributed by atoms with Crippen LogP contribution in [0.3, 0.4) is 0 Å². The molecular formula is C20H24N4O4. The zero-order valence-electron chi connectivity index (χ0n) is 16.2. The largest absolute Gasteiger partial charge is 0.495 e. The van der Waals surface area contributed by atoms with E-state index in [0.29, 0.717) is 30.1 Å². The van der Waals surface area contributed by atoms with Gasteiger partial charge in [0, 0.05) is 30.8 Å². The number of aromatic amines is 1. The zero-order valence-corrected chi connectivity index (χ0v) is 16.2. The summed E-state index contributed by atoms with van der Waals surface area (Å²) >= 11 is 0. The van der Waals surface area contributed by atoms with Crippen molar-refractivity contribution in [2.75, 3.05) is 18.6 Å². The SMILES string of the molecule is COc1ccccc1N1CC(NC(=O)CCc2c(C)nc(=O)[nH]c2C)CC1=O. The van der Waals surface area contributed by atoms with Crippen molar-refractivity contribution in [3.63, 3.8) is 0 Å². The molecule has 2 heterocycles. The molecule has 148 valence electrons. The Labute approximate surface area is 162 Å². The number of carbonyl (C=O) groups excluding carboxylic acids is 2. The number of ether oxygens (including phenoxy) is 1. The second-order valence-electron chi connectivity index (χ2n) is 6.88. The number of aryl methyl sites for hydroxylation is 2. The molecule has 3 rings (SSSR count). The first-order chi connectivity index (χ1) is 13.4. The Hall–Kier alpha value is -3.16. The first kappa shape index (κ1) is 19.6. The van der Waals surface area contributed by atoms with Crippen molar-refractivity contribution >= 4 is 17.5 Å². The molecule has 1 saturated heterocycles. The van der Waals surface area contributed by atoms with Gasteiger partial charge in [0.2, 0.25) is 11.8 Å². The van der Waals surface area contributed by atoms with Crippen LogP contribution in [-0.2, 0) is 16.0 Å². The topological polar surface area (TPSA) is 104 Å². The van der Waals surface area contributed by atoms with Crippen LogP contribution >= 0.6 is 0 Å².